The van der Waals surface area contributed by atoms with Crippen LogP contribution in [0.4, 0.5) is 0 Å². The van der Waals surface area contributed by atoms with Gasteiger partial charge in [-0.3, -0.25) is 9.59 Å². The summed E-state index contributed by atoms with van der Waals surface area (Å²) in [5.74, 6) is 1.04. The number of methoxy groups -OCH3 is 2. The van der Waals surface area contributed by atoms with E-state index in [9.17, 15) is 14.4 Å². The predicted molar refractivity (Wildman–Crippen MR) is 158 cm³/mol. The number of aryl methyl sites for hydroxylation is 1. The molecule has 2 heterocycles. The molecule has 4 rings (SSSR count). The average molecular weight is 559 g/mol. The molecule has 3 N–H and O–H groups in total. The number of benzene rings is 2. The minimum Gasteiger partial charge on any atom is -0.497 e. The Balaban J connectivity index is 1.54. The largest absolute Gasteiger partial charge is 0.497 e. The second kappa shape index (κ2) is 13.8. The number of aromatic nitrogens is 3. The Morgan fingerprint density at radius 1 is 1.02 bits per heavy atom. The van der Waals surface area contributed by atoms with Gasteiger partial charge in [0, 0.05) is 35.0 Å². The van der Waals surface area contributed by atoms with Gasteiger partial charge in [0.1, 0.15) is 17.4 Å². The standard InChI is InChI=1S/C32H38N4O5/c1-5-21(37)11-7-6-8-14-28(31-33-19-29(36-31)23-12-9-10-13-24(23)32(39)41-4)35-30(38)18-25-20(2)34-27-16-15-22(40-3)17-26(25)27/h9-10,12-13,15-17,19,28,34H,5-8,11,14,18H2,1-4H3,(H,33,36)(H,35,38)/t28-/m0/s1. The van der Waals surface area contributed by atoms with Gasteiger partial charge in [-0.25, -0.2) is 9.78 Å². The second-order valence-electron chi connectivity index (χ2n) is 10.1. The van der Waals surface area contributed by atoms with Gasteiger partial charge < -0.3 is 24.8 Å². The Kier molecular flexibility index (Phi) is 9.95. The number of Topliss-reactive ketones (excluding diaryl/α,β-unsaturated/α-hetero) is 1. The van der Waals surface area contributed by atoms with Crippen molar-refractivity contribution >= 4 is 28.6 Å². The van der Waals surface area contributed by atoms with Crippen LogP contribution in [0.1, 0.15) is 78.9 Å². The molecule has 41 heavy (non-hydrogen) atoms. The SMILES string of the molecule is CCC(=O)CCCCC[C@H](NC(=O)Cc1c(C)[nH]c2ccc(OC)cc12)c1ncc(-c2ccccc2C(=O)OC)[nH]1. The van der Waals surface area contributed by atoms with E-state index in [1.165, 1.54) is 7.11 Å². The second-order valence-corrected chi connectivity index (χ2v) is 10.1. The van der Waals surface area contributed by atoms with Crippen molar-refractivity contribution in [2.45, 2.75) is 64.8 Å². The molecule has 0 saturated heterocycles. The highest BCUT2D eigenvalue weighted by Crippen LogP contribution is 2.28. The number of ether oxygens (including phenoxy) is 2. The molecule has 9 nitrogen and oxygen atoms in total. The lowest BCUT2D eigenvalue weighted by Crippen LogP contribution is -2.30. The molecule has 0 unspecified atom stereocenters. The van der Waals surface area contributed by atoms with Gasteiger partial charge in [-0.15, -0.1) is 0 Å². The maximum atomic E-state index is 13.4. The van der Waals surface area contributed by atoms with Gasteiger partial charge in [0.2, 0.25) is 5.91 Å². The molecule has 0 bridgehead atoms. The number of rotatable bonds is 14. The molecule has 0 spiro atoms. The molecule has 0 aliphatic carbocycles. The van der Waals surface area contributed by atoms with Crippen LogP contribution in [-0.2, 0) is 20.7 Å². The highest BCUT2D eigenvalue weighted by Gasteiger charge is 2.22. The van der Waals surface area contributed by atoms with Crippen LogP contribution in [0, 0.1) is 6.92 Å². The molecule has 1 atom stereocenters. The van der Waals surface area contributed by atoms with Crippen LogP contribution in [0.15, 0.2) is 48.7 Å². The van der Waals surface area contributed by atoms with Gasteiger partial charge in [-0.2, -0.15) is 0 Å². The average Bonchev–Trinajstić information content (AvgIpc) is 3.60. The number of H-pyrrole nitrogens is 2. The Bertz CT molecular complexity index is 1520. The van der Waals surface area contributed by atoms with E-state index in [0.717, 1.165) is 47.2 Å². The molecule has 1 amide bonds. The molecular formula is C32H38N4O5. The fourth-order valence-electron chi connectivity index (χ4n) is 5.08. The normalized spacial score (nSPS) is 11.8. The van der Waals surface area contributed by atoms with Crippen LogP contribution in [0.5, 0.6) is 5.75 Å². The Hall–Kier alpha value is -4.40. The van der Waals surface area contributed by atoms with Crippen molar-refractivity contribution < 1.29 is 23.9 Å². The van der Waals surface area contributed by atoms with Crippen molar-refractivity contribution in [3.05, 3.63) is 71.3 Å². The molecule has 0 saturated carbocycles. The molecule has 4 aromatic rings. The number of aromatic amines is 2. The number of unbranched alkanes of at least 4 members (excludes halogenated alkanes) is 2. The number of fused-ring (bicyclic) bond motifs is 1. The summed E-state index contributed by atoms with van der Waals surface area (Å²) in [4.78, 5) is 48.7. The lowest BCUT2D eigenvalue weighted by Gasteiger charge is -2.17. The lowest BCUT2D eigenvalue weighted by atomic mass is 10.0. The van der Waals surface area contributed by atoms with Crippen LogP contribution >= 0.6 is 0 Å². The first kappa shape index (κ1) is 29.6. The van der Waals surface area contributed by atoms with E-state index < -0.39 is 5.97 Å². The van der Waals surface area contributed by atoms with E-state index in [-0.39, 0.29) is 24.2 Å². The molecule has 2 aromatic heterocycles. The van der Waals surface area contributed by atoms with Gasteiger partial charge in [0.15, 0.2) is 0 Å². The van der Waals surface area contributed by atoms with Crippen molar-refractivity contribution in [2.75, 3.05) is 14.2 Å². The molecule has 0 radical (unpaired) electrons. The summed E-state index contributed by atoms with van der Waals surface area (Å²) < 4.78 is 10.3. The highest BCUT2D eigenvalue weighted by molar-refractivity contribution is 5.96. The van der Waals surface area contributed by atoms with E-state index in [1.807, 2.05) is 44.2 Å². The maximum absolute atomic E-state index is 13.4. The zero-order chi connectivity index (χ0) is 29.4. The maximum Gasteiger partial charge on any atom is 0.338 e. The number of ketones is 1. The van der Waals surface area contributed by atoms with Gasteiger partial charge in [0.05, 0.1) is 44.1 Å². The quantitative estimate of drug-likeness (QED) is 0.129. The van der Waals surface area contributed by atoms with Crippen molar-refractivity contribution in [1.82, 2.24) is 20.3 Å². The predicted octanol–water partition coefficient (Wildman–Crippen LogP) is 5.99. The molecule has 0 fully saturated rings. The summed E-state index contributed by atoms with van der Waals surface area (Å²) >= 11 is 0. The van der Waals surface area contributed by atoms with E-state index in [4.69, 9.17) is 9.47 Å². The third-order valence-corrected chi connectivity index (χ3v) is 7.39. The van der Waals surface area contributed by atoms with Gasteiger partial charge in [-0.1, -0.05) is 38.0 Å². The van der Waals surface area contributed by atoms with Crippen LogP contribution in [0.25, 0.3) is 22.2 Å². The van der Waals surface area contributed by atoms with Crippen molar-refractivity contribution in [3.8, 4) is 17.0 Å². The number of amides is 1. The van der Waals surface area contributed by atoms with Gasteiger partial charge >= 0.3 is 5.97 Å². The minimum atomic E-state index is -0.436. The van der Waals surface area contributed by atoms with Gasteiger partial charge in [0.25, 0.3) is 0 Å². The molecule has 0 aliphatic rings. The number of nitrogens with one attached hydrogen (secondary N) is 3. The zero-order valence-corrected chi connectivity index (χ0v) is 24.1. The monoisotopic (exact) mass is 558 g/mol. The smallest absolute Gasteiger partial charge is 0.338 e. The van der Waals surface area contributed by atoms with E-state index in [2.05, 4.69) is 20.3 Å². The fraction of sp³-hybridized carbons (Fsp3) is 0.375. The first-order valence-corrected chi connectivity index (χ1v) is 14.0. The van der Waals surface area contributed by atoms with Crippen LogP contribution in [-0.4, -0.2) is 46.8 Å². The first-order chi connectivity index (χ1) is 19.8. The summed E-state index contributed by atoms with van der Waals surface area (Å²) in [5.41, 5.74) is 4.56. The Morgan fingerprint density at radius 2 is 1.83 bits per heavy atom. The lowest BCUT2D eigenvalue weighted by molar-refractivity contribution is -0.121. The fourth-order valence-corrected chi connectivity index (χ4v) is 5.08. The molecule has 9 heteroatoms. The van der Waals surface area contributed by atoms with Crippen molar-refractivity contribution in [3.63, 3.8) is 0 Å². The topological polar surface area (TPSA) is 126 Å². The summed E-state index contributed by atoms with van der Waals surface area (Å²) in [6, 6.07) is 12.6. The van der Waals surface area contributed by atoms with E-state index >= 15 is 0 Å². The number of carbonyl (C=O) groups excluding carboxylic acids is 3. The van der Waals surface area contributed by atoms with Gasteiger partial charge in [-0.05, 0) is 49.6 Å². The van der Waals surface area contributed by atoms with Crippen LogP contribution in [0.3, 0.4) is 0 Å². The summed E-state index contributed by atoms with van der Waals surface area (Å²) in [6.07, 6.45) is 6.16. The first-order valence-electron chi connectivity index (χ1n) is 14.0. The summed E-state index contributed by atoms with van der Waals surface area (Å²) in [7, 11) is 2.97. The van der Waals surface area contributed by atoms with Crippen LogP contribution < -0.4 is 10.1 Å². The molecular weight excluding hydrogens is 520 g/mol. The zero-order valence-electron chi connectivity index (χ0n) is 24.1. The summed E-state index contributed by atoms with van der Waals surface area (Å²) in [6.45, 7) is 3.84. The Morgan fingerprint density at radius 3 is 2.59 bits per heavy atom. The highest BCUT2D eigenvalue weighted by atomic mass is 16.5. The van der Waals surface area contributed by atoms with Crippen molar-refractivity contribution in [1.29, 1.82) is 0 Å². The van der Waals surface area contributed by atoms with Crippen LogP contribution in [0.2, 0.25) is 0 Å². The molecule has 216 valence electrons. The number of hydrogen-bond acceptors (Lipinski definition) is 6. The Labute approximate surface area is 240 Å². The molecule has 0 aliphatic heterocycles. The van der Waals surface area contributed by atoms with Crippen molar-refractivity contribution in [2.24, 2.45) is 0 Å². The number of hydrogen-bond donors (Lipinski definition) is 3. The minimum absolute atomic E-state index is 0.129. The van der Waals surface area contributed by atoms with E-state index in [1.54, 1.807) is 25.4 Å². The third-order valence-electron chi connectivity index (χ3n) is 7.39. The summed E-state index contributed by atoms with van der Waals surface area (Å²) in [5, 5.41) is 4.13. The number of esters is 1. The number of nitrogens with zero attached hydrogens (tertiary/aromatic N) is 1. The molecule has 2 aromatic carbocycles. The third kappa shape index (κ3) is 7.22. The number of carbonyl (C=O) groups is 3. The number of imidazole rings is 1. The van der Waals surface area contributed by atoms with E-state index in [0.29, 0.717) is 41.9 Å².